The van der Waals surface area contributed by atoms with E-state index in [2.05, 4.69) is 37.9 Å². The van der Waals surface area contributed by atoms with Gasteiger partial charge >= 0.3 is 0 Å². The number of aromatic nitrogens is 1. The summed E-state index contributed by atoms with van der Waals surface area (Å²) in [5, 5.41) is 4.41. The molecule has 1 rings (SSSR count). The molecule has 0 atom stereocenters. The molecule has 0 bridgehead atoms. The van der Waals surface area contributed by atoms with Crippen molar-refractivity contribution in [3.8, 4) is 0 Å². The summed E-state index contributed by atoms with van der Waals surface area (Å²) in [7, 11) is 3.76. The van der Waals surface area contributed by atoms with Crippen LogP contribution < -0.4 is 10.2 Å². The lowest BCUT2D eigenvalue weighted by molar-refractivity contribution is 0.202. The molecule has 1 N–H and O–H groups in total. The lowest BCUT2D eigenvalue weighted by Gasteiger charge is -2.30. The minimum atomic E-state index is 0.462. The minimum Gasteiger partial charge on any atom is -0.383 e. The second-order valence-electron chi connectivity index (χ2n) is 5.65. The summed E-state index contributed by atoms with van der Waals surface area (Å²) >= 11 is 1.83. The first-order valence-electron chi connectivity index (χ1n) is 7.98. The topological polar surface area (TPSA) is 37.4 Å². The van der Waals surface area contributed by atoms with Gasteiger partial charge in [0.15, 0.2) is 5.13 Å². The molecule has 4 nitrogen and oxygen atoms in total. The summed E-state index contributed by atoms with van der Waals surface area (Å²) in [4.78, 5) is 8.73. The van der Waals surface area contributed by atoms with Crippen LogP contribution >= 0.6 is 11.3 Å². The zero-order valence-corrected chi connectivity index (χ0v) is 15.2. The van der Waals surface area contributed by atoms with Crippen molar-refractivity contribution in [2.75, 3.05) is 32.2 Å². The van der Waals surface area contributed by atoms with E-state index in [1.807, 2.05) is 18.4 Å². The lowest BCUT2D eigenvalue weighted by atomic mass is 10.1. The molecule has 0 aromatic carbocycles. The number of rotatable bonds is 10. The SMILES string of the molecule is CCC(CC)N(CCOC)c1nc(C(C)C)c(CNC)s1. The average Bonchev–Trinajstić information content (AvgIpc) is 2.88. The number of ether oxygens (including phenoxy) is 1. The van der Waals surface area contributed by atoms with Gasteiger partial charge in [0, 0.05) is 31.1 Å². The molecule has 0 aliphatic carbocycles. The Kier molecular flexibility index (Phi) is 8.22. The first-order valence-corrected chi connectivity index (χ1v) is 8.80. The second kappa shape index (κ2) is 9.38. The maximum absolute atomic E-state index is 5.29. The maximum Gasteiger partial charge on any atom is 0.186 e. The molecule has 0 radical (unpaired) electrons. The quantitative estimate of drug-likeness (QED) is 0.716. The highest BCUT2D eigenvalue weighted by Crippen LogP contribution is 2.32. The van der Waals surface area contributed by atoms with Crippen molar-refractivity contribution in [1.29, 1.82) is 0 Å². The summed E-state index contributed by atoms with van der Waals surface area (Å²) in [5.41, 5.74) is 1.23. The molecular formula is C16H31N3OS. The molecular weight excluding hydrogens is 282 g/mol. The van der Waals surface area contributed by atoms with E-state index in [1.165, 1.54) is 10.6 Å². The molecule has 1 aromatic heterocycles. The summed E-state index contributed by atoms with van der Waals surface area (Å²) in [6.07, 6.45) is 2.27. The lowest BCUT2D eigenvalue weighted by Crippen LogP contribution is -2.37. The van der Waals surface area contributed by atoms with Crippen molar-refractivity contribution in [2.45, 2.75) is 59.0 Å². The van der Waals surface area contributed by atoms with Gasteiger partial charge in [-0.2, -0.15) is 0 Å². The third kappa shape index (κ3) is 4.94. The van der Waals surface area contributed by atoms with E-state index in [1.54, 1.807) is 7.11 Å². The van der Waals surface area contributed by atoms with Crippen LogP contribution in [0.4, 0.5) is 5.13 Å². The molecule has 21 heavy (non-hydrogen) atoms. The Balaban J connectivity index is 3.08. The van der Waals surface area contributed by atoms with Crippen LogP contribution in [-0.4, -0.2) is 38.3 Å². The van der Waals surface area contributed by atoms with Gasteiger partial charge in [0.2, 0.25) is 0 Å². The van der Waals surface area contributed by atoms with Crippen LogP contribution in [0.25, 0.3) is 0 Å². The molecule has 122 valence electrons. The van der Waals surface area contributed by atoms with Crippen molar-refractivity contribution in [3.05, 3.63) is 10.6 Å². The van der Waals surface area contributed by atoms with E-state index in [0.29, 0.717) is 12.0 Å². The highest BCUT2D eigenvalue weighted by Gasteiger charge is 2.22. The van der Waals surface area contributed by atoms with Gasteiger partial charge < -0.3 is 15.0 Å². The Labute approximate surface area is 133 Å². The number of nitrogens with zero attached hydrogens (tertiary/aromatic N) is 2. The van der Waals surface area contributed by atoms with Crippen molar-refractivity contribution < 1.29 is 4.74 Å². The van der Waals surface area contributed by atoms with E-state index in [9.17, 15) is 0 Å². The fraction of sp³-hybridized carbons (Fsp3) is 0.812. The third-order valence-corrected chi connectivity index (χ3v) is 4.87. The number of hydrogen-bond acceptors (Lipinski definition) is 5. The van der Waals surface area contributed by atoms with Crippen molar-refractivity contribution in [2.24, 2.45) is 0 Å². The van der Waals surface area contributed by atoms with Crippen molar-refractivity contribution in [1.82, 2.24) is 10.3 Å². The van der Waals surface area contributed by atoms with Gasteiger partial charge in [0.1, 0.15) is 0 Å². The number of thiazole rings is 1. The molecule has 1 heterocycles. The Morgan fingerprint density at radius 2 is 1.95 bits per heavy atom. The van der Waals surface area contributed by atoms with Gasteiger partial charge in [0.25, 0.3) is 0 Å². The summed E-state index contributed by atoms with van der Waals surface area (Å²) < 4.78 is 5.29. The normalized spacial score (nSPS) is 11.6. The zero-order valence-electron chi connectivity index (χ0n) is 14.4. The summed E-state index contributed by atoms with van der Waals surface area (Å²) in [6.45, 7) is 11.5. The van der Waals surface area contributed by atoms with Crippen LogP contribution in [0.15, 0.2) is 0 Å². The zero-order chi connectivity index (χ0) is 15.8. The van der Waals surface area contributed by atoms with Crippen molar-refractivity contribution in [3.63, 3.8) is 0 Å². The van der Waals surface area contributed by atoms with E-state index >= 15 is 0 Å². The Hall–Kier alpha value is -0.650. The smallest absolute Gasteiger partial charge is 0.186 e. The molecule has 0 unspecified atom stereocenters. The standard InChI is InChI=1S/C16H31N3OS/c1-7-13(8-2)19(9-10-20-6)16-18-15(12(3)4)14(21-16)11-17-5/h12-13,17H,7-11H2,1-6H3. The summed E-state index contributed by atoms with van der Waals surface area (Å²) in [6, 6.07) is 0.536. The second-order valence-corrected chi connectivity index (χ2v) is 6.71. The maximum atomic E-state index is 5.29. The number of hydrogen-bond donors (Lipinski definition) is 1. The van der Waals surface area contributed by atoms with Crippen molar-refractivity contribution >= 4 is 16.5 Å². The van der Waals surface area contributed by atoms with Crippen LogP contribution in [0.2, 0.25) is 0 Å². The highest BCUT2D eigenvalue weighted by atomic mass is 32.1. The Morgan fingerprint density at radius 1 is 1.29 bits per heavy atom. The predicted molar refractivity (Wildman–Crippen MR) is 92.6 cm³/mol. The van der Waals surface area contributed by atoms with Gasteiger partial charge in [-0.25, -0.2) is 4.98 Å². The van der Waals surface area contributed by atoms with Crippen LogP contribution in [0.5, 0.6) is 0 Å². The molecule has 0 aliphatic rings. The molecule has 0 saturated heterocycles. The van der Waals surface area contributed by atoms with Crippen LogP contribution in [0, 0.1) is 0 Å². The molecule has 0 fully saturated rings. The van der Waals surface area contributed by atoms with Gasteiger partial charge in [-0.3, -0.25) is 0 Å². The van der Waals surface area contributed by atoms with Gasteiger partial charge in [-0.1, -0.05) is 27.7 Å². The van der Waals surface area contributed by atoms with Crippen LogP contribution in [0.1, 0.15) is 57.0 Å². The summed E-state index contributed by atoms with van der Waals surface area (Å²) in [5.74, 6) is 0.462. The molecule has 1 aromatic rings. The van der Waals surface area contributed by atoms with Crippen LogP contribution in [-0.2, 0) is 11.3 Å². The first kappa shape index (κ1) is 18.4. The fourth-order valence-electron chi connectivity index (χ4n) is 2.57. The van der Waals surface area contributed by atoms with Gasteiger partial charge in [-0.15, -0.1) is 11.3 Å². The number of methoxy groups -OCH3 is 1. The average molecular weight is 314 g/mol. The number of anilines is 1. The van der Waals surface area contributed by atoms with E-state index < -0.39 is 0 Å². The molecule has 0 amide bonds. The molecule has 0 saturated carbocycles. The Morgan fingerprint density at radius 3 is 2.43 bits per heavy atom. The van der Waals surface area contributed by atoms with Gasteiger partial charge in [0.05, 0.1) is 12.3 Å². The predicted octanol–water partition coefficient (Wildman–Crippen LogP) is 3.63. The monoisotopic (exact) mass is 313 g/mol. The largest absolute Gasteiger partial charge is 0.383 e. The third-order valence-electron chi connectivity index (χ3n) is 3.77. The highest BCUT2D eigenvalue weighted by molar-refractivity contribution is 7.15. The van der Waals surface area contributed by atoms with E-state index in [4.69, 9.17) is 9.72 Å². The molecule has 0 aliphatic heterocycles. The Bertz CT molecular complexity index is 402. The fourth-order valence-corrected chi connectivity index (χ4v) is 3.89. The molecule has 5 heteroatoms. The van der Waals surface area contributed by atoms with E-state index in [0.717, 1.165) is 37.7 Å². The number of nitrogens with one attached hydrogen (secondary N) is 1. The minimum absolute atomic E-state index is 0.462. The van der Waals surface area contributed by atoms with Crippen LogP contribution in [0.3, 0.4) is 0 Å². The molecule has 0 spiro atoms. The van der Waals surface area contributed by atoms with E-state index in [-0.39, 0.29) is 0 Å². The van der Waals surface area contributed by atoms with Gasteiger partial charge in [-0.05, 0) is 25.8 Å². The first-order chi connectivity index (χ1) is 10.1.